The van der Waals surface area contributed by atoms with E-state index in [1.807, 2.05) is 19.1 Å². The number of rotatable bonds is 3. The minimum atomic E-state index is -0.700. The third-order valence-corrected chi connectivity index (χ3v) is 6.18. The molecule has 3 atom stereocenters. The van der Waals surface area contributed by atoms with Crippen LogP contribution in [0.15, 0.2) is 48.1 Å². The average Bonchev–Trinajstić information content (AvgIpc) is 3.52. The maximum absolute atomic E-state index is 13.2. The van der Waals surface area contributed by atoms with Crippen molar-refractivity contribution in [2.75, 3.05) is 7.05 Å². The van der Waals surface area contributed by atoms with Gasteiger partial charge in [0.25, 0.3) is 0 Å². The van der Waals surface area contributed by atoms with Gasteiger partial charge in [0.1, 0.15) is 0 Å². The molecular formula is C22H24N4O. The second-order valence-electron chi connectivity index (χ2n) is 7.98. The quantitative estimate of drug-likeness (QED) is 0.868. The summed E-state index contributed by atoms with van der Waals surface area (Å²) in [4.78, 5) is 14.6. The second kappa shape index (κ2) is 6.38. The third kappa shape index (κ3) is 2.95. The maximum Gasteiger partial charge on any atom is 0.235 e. The van der Waals surface area contributed by atoms with Crippen molar-refractivity contribution in [1.82, 2.24) is 10.2 Å². The summed E-state index contributed by atoms with van der Waals surface area (Å²) >= 11 is 0. The lowest BCUT2D eigenvalue weighted by Crippen LogP contribution is -2.65. The first-order chi connectivity index (χ1) is 12.9. The number of benzene rings is 1. The highest BCUT2D eigenvalue weighted by atomic mass is 16.2. The van der Waals surface area contributed by atoms with Gasteiger partial charge in [0.05, 0.1) is 23.1 Å². The van der Waals surface area contributed by atoms with Crippen molar-refractivity contribution in [2.24, 2.45) is 17.8 Å². The zero-order chi connectivity index (χ0) is 19.2. The molecular weight excluding hydrogens is 336 g/mol. The van der Waals surface area contributed by atoms with Crippen LogP contribution in [0.3, 0.4) is 0 Å². The third-order valence-electron chi connectivity index (χ3n) is 6.18. The van der Waals surface area contributed by atoms with Crippen molar-refractivity contribution in [2.45, 2.75) is 31.7 Å². The molecule has 1 saturated heterocycles. The first kappa shape index (κ1) is 17.5. The molecule has 1 amide bonds. The van der Waals surface area contributed by atoms with E-state index < -0.39 is 5.54 Å². The average molecular weight is 360 g/mol. The van der Waals surface area contributed by atoms with Crippen LogP contribution in [0.2, 0.25) is 0 Å². The number of nitrogens with zero attached hydrogens (tertiary/aromatic N) is 2. The van der Waals surface area contributed by atoms with Crippen LogP contribution in [0, 0.1) is 34.5 Å². The Hall–Kier alpha value is -2.87. The molecule has 0 aromatic heterocycles. The van der Waals surface area contributed by atoms with Gasteiger partial charge in [-0.1, -0.05) is 30.4 Å². The van der Waals surface area contributed by atoms with E-state index in [1.54, 1.807) is 19.2 Å². The summed E-state index contributed by atoms with van der Waals surface area (Å²) in [7, 11) is 1.65. The molecule has 3 aliphatic rings. The molecule has 1 unspecified atom stereocenters. The van der Waals surface area contributed by atoms with E-state index in [2.05, 4.69) is 29.6 Å². The van der Waals surface area contributed by atoms with Crippen molar-refractivity contribution in [3.05, 3.63) is 59.2 Å². The van der Waals surface area contributed by atoms with Gasteiger partial charge in [-0.25, -0.2) is 0 Å². The van der Waals surface area contributed by atoms with E-state index in [-0.39, 0.29) is 23.7 Å². The summed E-state index contributed by atoms with van der Waals surface area (Å²) in [5.74, 6) is 0.533. The van der Waals surface area contributed by atoms with Gasteiger partial charge in [0, 0.05) is 7.05 Å². The van der Waals surface area contributed by atoms with Gasteiger partial charge in [0.2, 0.25) is 5.91 Å². The number of allylic oxidation sites excluding steroid dienone is 4. The monoisotopic (exact) mass is 360 g/mol. The Morgan fingerprint density at radius 1 is 1.30 bits per heavy atom. The highest BCUT2D eigenvalue weighted by molar-refractivity contribution is 6.00. The number of nitrogens with one attached hydrogen (secondary N) is 2. The van der Waals surface area contributed by atoms with Crippen LogP contribution in [0.25, 0.3) is 0 Å². The molecule has 138 valence electrons. The lowest BCUT2D eigenvalue weighted by atomic mass is 9.68. The Kier molecular flexibility index (Phi) is 4.15. The molecule has 5 nitrogen and oxygen atoms in total. The molecule has 27 heavy (non-hydrogen) atoms. The van der Waals surface area contributed by atoms with Crippen LogP contribution in [0.4, 0.5) is 0 Å². The fourth-order valence-corrected chi connectivity index (χ4v) is 4.35. The fraction of sp³-hybridized carbons (Fsp3) is 0.409. The minimum absolute atomic E-state index is 0.0384. The van der Waals surface area contributed by atoms with Gasteiger partial charge in [-0.3, -0.25) is 15.1 Å². The molecule has 0 spiro atoms. The number of hydrogen-bond donors (Lipinski definition) is 2. The van der Waals surface area contributed by atoms with Gasteiger partial charge < -0.3 is 5.32 Å². The number of carbonyl (C=O) groups is 1. The standard InChI is InChI=1S/C22H24N4O/c1-22(18-11-3-14(13-23)4-12-18)19(20(27)26(2)21(24)25-22)17-9-7-16(8-10-17)15-5-6-15/h3-4,7-9,11-12,15,17,19H,5-6,10H2,1-2H3,(H2,24,25)/t17?,19-,22+/m0/s1. The smallest absolute Gasteiger partial charge is 0.235 e. The highest BCUT2D eigenvalue weighted by Gasteiger charge is 2.50. The summed E-state index contributed by atoms with van der Waals surface area (Å²) in [5, 5.41) is 20.6. The molecule has 4 rings (SSSR count). The van der Waals surface area contributed by atoms with Crippen molar-refractivity contribution < 1.29 is 4.79 Å². The van der Waals surface area contributed by atoms with Gasteiger partial charge in [-0.15, -0.1) is 0 Å². The van der Waals surface area contributed by atoms with E-state index in [1.165, 1.54) is 23.3 Å². The molecule has 1 aromatic carbocycles. The largest absolute Gasteiger partial charge is 0.346 e. The lowest BCUT2D eigenvalue weighted by Gasteiger charge is -2.48. The Morgan fingerprint density at radius 3 is 2.56 bits per heavy atom. The Balaban J connectivity index is 1.70. The summed E-state index contributed by atoms with van der Waals surface area (Å²) in [6.45, 7) is 1.99. The van der Waals surface area contributed by atoms with Crippen LogP contribution >= 0.6 is 0 Å². The lowest BCUT2D eigenvalue weighted by molar-refractivity contribution is -0.137. The molecule has 0 bridgehead atoms. The Bertz CT molecular complexity index is 888. The SMILES string of the molecule is CN1C(=N)N[C@](C)(c2ccc(C#N)cc2)[C@@H](C2C=CC(C3CC3)=CC2)C1=O. The summed E-state index contributed by atoms with van der Waals surface area (Å²) < 4.78 is 0. The van der Waals surface area contributed by atoms with Crippen LogP contribution in [0.1, 0.15) is 37.3 Å². The fourth-order valence-electron chi connectivity index (χ4n) is 4.35. The molecule has 5 heteroatoms. The number of nitriles is 1. The highest BCUT2D eigenvalue weighted by Crippen LogP contribution is 2.44. The Morgan fingerprint density at radius 2 is 2.00 bits per heavy atom. The molecule has 1 aliphatic heterocycles. The summed E-state index contributed by atoms with van der Waals surface area (Å²) in [6, 6.07) is 9.46. The summed E-state index contributed by atoms with van der Waals surface area (Å²) in [6.07, 6.45) is 10.0. The predicted molar refractivity (Wildman–Crippen MR) is 104 cm³/mol. The maximum atomic E-state index is 13.2. The van der Waals surface area contributed by atoms with Crippen LogP contribution in [0.5, 0.6) is 0 Å². The topological polar surface area (TPSA) is 80.0 Å². The van der Waals surface area contributed by atoms with Crippen molar-refractivity contribution in [3.8, 4) is 6.07 Å². The number of hydrogen-bond acceptors (Lipinski definition) is 3. The van der Waals surface area contributed by atoms with Crippen molar-refractivity contribution in [3.63, 3.8) is 0 Å². The normalized spacial score (nSPS) is 30.6. The van der Waals surface area contributed by atoms with Crippen molar-refractivity contribution in [1.29, 1.82) is 10.7 Å². The first-order valence-corrected chi connectivity index (χ1v) is 9.47. The molecule has 2 fully saturated rings. The summed E-state index contributed by atoms with van der Waals surface area (Å²) in [5.41, 5.74) is 2.21. The van der Waals surface area contributed by atoms with Gasteiger partial charge in [0.15, 0.2) is 5.96 Å². The van der Waals surface area contributed by atoms with Crippen LogP contribution in [-0.2, 0) is 10.3 Å². The number of guanidine groups is 1. The first-order valence-electron chi connectivity index (χ1n) is 9.47. The molecule has 2 N–H and O–H groups in total. The number of amides is 1. The number of carbonyl (C=O) groups excluding carboxylic acids is 1. The molecule has 1 heterocycles. The molecule has 1 saturated carbocycles. The van der Waals surface area contributed by atoms with E-state index in [0.29, 0.717) is 11.5 Å². The molecule has 2 aliphatic carbocycles. The predicted octanol–water partition coefficient (Wildman–Crippen LogP) is 3.30. The molecule has 0 radical (unpaired) electrons. The van der Waals surface area contributed by atoms with Crippen LogP contribution < -0.4 is 5.32 Å². The second-order valence-corrected chi connectivity index (χ2v) is 7.98. The van der Waals surface area contributed by atoms with Crippen LogP contribution in [-0.4, -0.2) is 23.8 Å². The van der Waals surface area contributed by atoms with E-state index in [4.69, 9.17) is 10.7 Å². The van der Waals surface area contributed by atoms with E-state index in [9.17, 15) is 4.79 Å². The molecule has 1 aromatic rings. The zero-order valence-electron chi connectivity index (χ0n) is 15.7. The van der Waals surface area contributed by atoms with E-state index >= 15 is 0 Å². The van der Waals surface area contributed by atoms with Gasteiger partial charge >= 0.3 is 0 Å². The Labute approximate surface area is 159 Å². The van der Waals surface area contributed by atoms with Crippen molar-refractivity contribution >= 4 is 11.9 Å². The zero-order valence-corrected chi connectivity index (χ0v) is 15.7. The van der Waals surface area contributed by atoms with E-state index in [0.717, 1.165) is 12.0 Å². The minimum Gasteiger partial charge on any atom is -0.346 e. The van der Waals surface area contributed by atoms with Gasteiger partial charge in [-0.05, 0) is 61.3 Å². The van der Waals surface area contributed by atoms with Gasteiger partial charge in [-0.2, -0.15) is 5.26 Å².